The van der Waals surface area contributed by atoms with Crippen LogP contribution in [-0.4, -0.2) is 10.4 Å². The van der Waals surface area contributed by atoms with Crippen molar-refractivity contribution in [2.75, 3.05) is 5.32 Å². The summed E-state index contributed by atoms with van der Waals surface area (Å²) in [5, 5.41) is 11.7. The molecule has 11 rings (SSSR count). The number of rotatable bonds is 1. The van der Waals surface area contributed by atoms with Gasteiger partial charge in [0.05, 0.1) is 22.4 Å². The molecule has 0 fully saturated rings. The first-order chi connectivity index (χ1) is 22.8. The third kappa shape index (κ3) is 3.19. The molecule has 7 aromatic carbocycles. The Morgan fingerprint density at radius 2 is 1.17 bits per heavy atom. The molecule has 3 heterocycles. The fourth-order valence-corrected chi connectivity index (χ4v) is 9.15. The minimum atomic E-state index is -0.138. The average Bonchev–Trinajstić information content (AvgIpc) is 3.61. The fourth-order valence-electron chi connectivity index (χ4n) is 8.03. The molecule has 1 atom stereocenters. The van der Waals surface area contributed by atoms with Crippen molar-refractivity contribution in [2.24, 2.45) is 4.99 Å². The Morgan fingerprint density at radius 3 is 1.89 bits per heavy atom. The molecule has 1 unspecified atom stereocenters. The summed E-state index contributed by atoms with van der Waals surface area (Å²) in [6.07, 6.45) is 0. The number of hydrogen-bond donors (Lipinski definition) is 1. The molecule has 4 heteroatoms. The number of nitrogens with zero attached hydrogens (tertiary/aromatic N) is 2. The Morgan fingerprint density at radius 1 is 0.543 bits per heavy atom. The van der Waals surface area contributed by atoms with Crippen LogP contribution in [0.3, 0.4) is 0 Å². The topological polar surface area (TPSA) is 29.3 Å². The van der Waals surface area contributed by atoms with Crippen LogP contribution in [-0.2, 0) is 0 Å². The van der Waals surface area contributed by atoms with Gasteiger partial charge in [-0.05, 0) is 68.9 Å². The second kappa shape index (κ2) is 8.94. The van der Waals surface area contributed by atoms with Crippen LogP contribution in [0, 0.1) is 0 Å². The number of thiophene rings is 1. The Kier molecular flexibility index (Phi) is 4.78. The van der Waals surface area contributed by atoms with E-state index < -0.39 is 0 Å². The number of nitrogens with one attached hydrogen (secondary N) is 1. The summed E-state index contributed by atoms with van der Waals surface area (Å²) in [7, 11) is 0. The van der Waals surface area contributed by atoms with Gasteiger partial charge in [0.25, 0.3) is 0 Å². The van der Waals surface area contributed by atoms with Gasteiger partial charge in [0, 0.05) is 30.9 Å². The minimum Gasteiger partial charge on any atom is -0.370 e. The predicted molar refractivity (Wildman–Crippen MR) is 196 cm³/mol. The van der Waals surface area contributed by atoms with Crippen molar-refractivity contribution in [3.8, 4) is 22.3 Å². The normalized spacial score (nSPS) is 15.0. The minimum absolute atomic E-state index is 0.138. The molecule has 2 aliphatic rings. The monoisotopic (exact) mass is 603 g/mol. The van der Waals surface area contributed by atoms with Crippen LogP contribution in [0.4, 0.5) is 11.4 Å². The standard InChI is InChI=1S/C42H25N3S/c1-2-10-25(11-3-1)41-42(44-33-23-37-31(22-32(33)43-41)26-14-4-5-21-36(26)46-37)45-34-19-8-17-29-27-15-6-12-24-13-7-16-28(38(24)27)30-18-9-20-35(45)40(30)39(29)34/h1-23,41,43H. The lowest BCUT2D eigenvalue weighted by molar-refractivity contribution is 0.963. The quantitative estimate of drug-likeness (QED) is 0.199. The zero-order chi connectivity index (χ0) is 29.9. The van der Waals surface area contributed by atoms with Crippen molar-refractivity contribution in [1.82, 2.24) is 4.57 Å². The van der Waals surface area contributed by atoms with Crippen LogP contribution in [0.2, 0.25) is 0 Å². The molecule has 214 valence electrons. The maximum atomic E-state index is 5.58. The molecule has 3 nitrogen and oxygen atoms in total. The smallest absolute Gasteiger partial charge is 0.141 e. The van der Waals surface area contributed by atoms with Crippen molar-refractivity contribution < 1.29 is 0 Å². The molecule has 0 saturated heterocycles. The first kappa shape index (κ1) is 24.6. The molecule has 46 heavy (non-hydrogen) atoms. The van der Waals surface area contributed by atoms with Gasteiger partial charge in [-0.25, -0.2) is 4.99 Å². The highest BCUT2D eigenvalue weighted by Gasteiger charge is 2.31. The second-order valence-corrected chi connectivity index (χ2v) is 13.4. The molecule has 0 spiro atoms. The number of aromatic nitrogens is 1. The summed E-state index contributed by atoms with van der Waals surface area (Å²) in [5.41, 5.74) is 10.7. The zero-order valence-electron chi connectivity index (χ0n) is 24.7. The van der Waals surface area contributed by atoms with E-state index >= 15 is 0 Å². The molecular weight excluding hydrogens is 579 g/mol. The molecule has 0 amide bonds. The van der Waals surface area contributed by atoms with Gasteiger partial charge >= 0.3 is 0 Å². The predicted octanol–water partition coefficient (Wildman–Crippen LogP) is 11.7. The number of hydrogen-bond acceptors (Lipinski definition) is 3. The third-order valence-electron chi connectivity index (χ3n) is 9.95. The summed E-state index contributed by atoms with van der Waals surface area (Å²) >= 11 is 1.84. The highest BCUT2D eigenvalue weighted by molar-refractivity contribution is 7.25. The molecule has 0 saturated carbocycles. The van der Waals surface area contributed by atoms with Gasteiger partial charge in [0.2, 0.25) is 0 Å². The Bertz CT molecular complexity index is 2690. The van der Waals surface area contributed by atoms with E-state index in [1.54, 1.807) is 0 Å². The third-order valence-corrected chi connectivity index (χ3v) is 11.1. The SMILES string of the molecule is c1ccc(C2Nc3cc4c(cc3N=C2n2c3cccc5c3c3c(cccc32)-c2cccc3cccc-5c23)sc2ccccc24)cc1. The Hall–Kier alpha value is -5.71. The molecule has 1 aliphatic heterocycles. The lowest BCUT2D eigenvalue weighted by Crippen LogP contribution is -2.29. The largest absolute Gasteiger partial charge is 0.370 e. The first-order valence-corrected chi connectivity index (χ1v) is 16.6. The Labute approximate surface area is 268 Å². The summed E-state index contributed by atoms with van der Waals surface area (Å²) in [6, 6.07) is 50.8. The average molecular weight is 604 g/mol. The van der Waals surface area contributed by atoms with Gasteiger partial charge < -0.3 is 5.32 Å². The van der Waals surface area contributed by atoms with E-state index in [1.807, 2.05) is 11.3 Å². The van der Waals surface area contributed by atoms with Gasteiger partial charge in [0.1, 0.15) is 11.9 Å². The zero-order valence-corrected chi connectivity index (χ0v) is 25.5. The van der Waals surface area contributed by atoms with Crippen LogP contribution in [0.25, 0.3) is 75.0 Å². The van der Waals surface area contributed by atoms with Gasteiger partial charge in [-0.2, -0.15) is 0 Å². The van der Waals surface area contributed by atoms with Crippen LogP contribution >= 0.6 is 11.3 Å². The van der Waals surface area contributed by atoms with E-state index in [9.17, 15) is 0 Å². The summed E-state index contributed by atoms with van der Waals surface area (Å²) in [5.74, 6) is 0.987. The molecule has 2 aromatic heterocycles. The van der Waals surface area contributed by atoms with E-state index in [-0.39, 0.29) is 6.04 Å². The van der Waals surface area contributed by atoms with Crippen LogP contribution < -0.4 is 5.32 Å². The number of fused-ring (bicyclic) bond motifs is 6. The molecule has 0 bridgehead atoms. The van der Waals surface area contributed by atoms with Crippen molar-refractivity contribution in [2.45, 2.75) is 6.04 Å². The van der Waals surface area contributed by atoms with Gasteiger partial charge in [-0.15, -0.1) is 11.3 Å². The number of anilines is 1. The van der Waals surface area contributed by atoms with E-state index in [1.165, 1.54) is 80.6 Å². The molecular formula is C42H25N3S. The summed E-state index contributed by atoms with van der Waals surface area (Å²) in [6.45, 7) is 0. The van der Waals surface area contributed by atoms with E-state index in [4.69, 9.17) is 4.99 Å². The van der Waals surface area contributed by atoms with Gasteiger partial charge in [-0.3, -0.25) is 4.57 Å². The van der Waals surface area contributed by atoms with Crippen molar-refractivity contribution >= 4 is 81.3 Å². The van der Waals surface area contributed by atoms with Crippen molar-refractivity contribution in [1.29, 1.82) is 0 Å². The van der Waals surface area contributed by atoms with E-state index in [2.05, 4.69) is 149 Å². The molecule has 9 aromatic rings. The lowest BCUT2D eigenvalue weighted by Gasteiger charge is -2.29. The molecule has 0 radical (unpaired) electrons. The Balaban J connectivity index is 1.26. The first-order valence-electron chi connectivity index (χ1n) is 15.8. The molecule has 1 N–H and O–H groups in total. The van der Waals surface area contributed by atoms with Crippen LogP contribution in [0.1, 0.15) is 11.6 Å². The van der Waals surface area contributed by atoms with E-state index in [0.717, 1.165) is 17.2 Å². The van der Waals surface area contributed by atoms with E-state index in [0.29, 0.717) is 0 Å². The maximum Gasteiger partial charge on any atom is 0.141 e. The number of aliphatic imine (C=N–C) groups is 1. The highest BCUT2D eigenvalue weighted by atomic mass is 32.1. The van der Waals surface area contributed by atoms with Crippen molar-refractivity contribution in [3.63, 3.8) is 0 Å². The fraction of sp³-hybridized carbons (Fsp3) is 0.0238. The highest BCUT2D eigenvalue weighted by Crippen LogP contribution is 2.50. The van der Waals surface area contributed by atoms with Gasteiger partial charge in [-0.1, -0.05) is 109 Å². The van der Waals surface area contributed by atoms with Crippen molar-refractivity contribution in [3.05, 3.63) is 145 Å². The second-order valence-electron chi connectivity index (χ2n) is 12.4. The van der Waals surface area contributed by atoms with Crippen LogP contribution in [0.15, 0.2) is 145 Å². The summed E-state index contributed by atoms with van der Waals surface area (Å²) < 4.78 is 4.99. The van der Waals surface area contributed by atoms with Crippen LogP contribution in [0.5, 0.6) is 0 Å². The maximum absolute atomic E-state index is 5.58. The van der Waals surface area contributed by atoms with Gasteiger partial charge in [0.15, 0.2) is 0 Å². The molecule has 1 aliphatic carbocycles. The number of benzene rings is 7. The lowest BCUT2D eigenvalue weighted by atomic mass is 9.93. The summed E-state index contributed by atoms with van der Waals surface area (Å²) in [4.78, 5) is 5.58.